The molecule has 0 aromatic carbocycles. The summed E-state index contributed by atoms with van der Waals surface area (Å²) >= 11 is 2.22. The summed E-state index contributed by atoms with van der Waals surface area (Å²) in [5.41, 5.74) is 0.967. The number of carbonyl (C=O) groups excluding carboxylic acids is 2. The number of hydrogen-bond donors (Lipinski definition) is 0. The van der Waals surface area contributed by atoms with Crippen LogP contribution in [0.2, 0.25) is 0 Å². The third-order valence-electron chi connectivity index (χ3n) is 10.3. The lowest BCUT2D eigenvalue weighted by Crippen LogP contribution is -2.61. The molecule has 5 aliphatic rings. The lowest BCUT2D eigenvalue weighted by atomic mass is 9.39. The van der Waals surface area contributed by atoms with E-state index in [0.29, 0.717) is 33.6 Å². The Balaban J connectivity index is 1.55. The van der Waals surface area contributed by atoms with Crippen molar-refractivity contribution in [3.8, 4) is 0 Å². The van der Waals surface area contributed by atoms with E-state index in [-0.39, 0.29) is 5.41 Å². The maximum absolute atomic E-state index is 12.5. The van der Waals surface area contributed by atoms with Crippen molar-refractivity contribution in [2.24, 2.45) is 39.9 Å². The van der Waals surface area contributed by atoms with Gasteiger partial charge in [0.25, 0.3) is 0 Å². The SMILES string of the molecule is CC[C@]12CC(=O)CC[C@@]13CS[C@H]2CC1C3CC[C@@]2(C)C1CC[C@@H]2C(C)=O. The summed E-state index contributed by atoms with van der Waals surface area (Å²) in [5, 5.41) is 0.691. The van der Waals surface area contributed by atoms with Crippen LogP contribution in [0.4, 0.5) is 0 Å². The molecule has 1 saturated heterocycles. The Labute approximate surface area is 162 Å². The highest BCUT2D eigenvalue weighted by molar-refractivity contribution is 8.00. The van der Waals surface area contributed by atoms with Crippen molar-refractivity contribution in [3.63, 3.8) is 0 Å². The zero-order valence-electron chi connectivity index (χ0n) is 16.7. The van der Waals surface area contributed by atoms with Crippen molar-refractivity contribution in [1.29, 1.82) is 0 Å². The predicted octanol–water partition coefficient (Wildman–Crippen LogP) is 5.29. The van der Waals surface area contributed by atoms with Gasteiger partial charge in [-0.3, -0.25) is 9.59 Å². The molecule has 2 bridgehead atoms. The second-order valence-corrected chi connectivity index (χ2v) is 11.8. The minimum absolute atomic E-state index is 0.254. The summed E-state index contributed by atoms with van der Waals surface area (Å²) in [7, 11) is 0. The zero-order chi connectivity index (χ0) is 18.3. The molecule has 3 heteroatoms. The van der Waals surface area contributed by atoms with Gasteiger partial charge in [0.2, 0.25) is 0 Å². The molecule has 0 spiro atoms. The molecule has 1 aliphatic heterocycles. The van der Waals surface area contributed by atoms with E-state index in [2.05, 4.69) is 25.6 Å². The third kappa shape index (κ3) is 1.92. The fourth-order valence-electron chi connectivity index (χ4n) is 9.16. The van der Waals surface area contributed by atoms with Gasteiger partial charge in [0.05, 0.1) is 0 Å². The first-order chi connectivity index (χ1) is 12.4. The molecule has 0 aromatic rings. The molecule has 0 amide bonds. The van der Waals surface area contributed by atoms with Crippen molar-refractivity contribution < 1.29 is 9.59 Å². The van der Waals surface area contributed by atoms with Crippen LogP contribution in [0, 0.1) is 39.9 Å². The fraction of sp³-hybridized carbons (Fsp3) is 0.913. The van der Waals surface area contributed by atoms with Crippen molar-refractivity contribution in [2.75, 3.05) is 5.75 Å². The van der Waals surface area contributed by atoms with E-state index in [4.69, 9.17) is 0 Å². The van der Waals surface area contributed by atoms with Crippen LogP contribution in [0.3, 0.4) is 0 Å². The number of fused-ring (bicyclic) bond motifs is 3. The first-order valence-corrected chi connectivity index (χ1v) is 12.1. The largest absolute Gasteiger partial charge is 0.300 e. The Morgan fingerprint density at radius 3 is 2.73 bits per heavy atom. The van der Waals surface area contributed by atoms with Crippen LogP contribution in [-0.2, 0) is 9.59 Å². The molecule has 0 aromatic heterocycles. The van der Waals surface area contributed by atoms with Gasteiger partial charge >= 0.3 is 0 Å². The molecule has 5 rings (SSSR count). The van der Waals surface area contributed by atoms with Crippen LogP contribution in [0.15, 0.2) is 0 Å². The Bertz CT molecular complexity index is 659. The van der Waals surface area contributed by atoms with Crippen LogP contribution in [0.25, 0.3) is 0 Å². The van der Waals surface area contributed by atoms with Crippen molar-refractivity contribution >= 4 is 23.3 Å². The van der Waals surface area contributed by atoms with E-state index >= 15 is 0 Å². The van der Waals surface area contributed by atoms with Gasteiger partial charge < -0.3 is 0 Å². The monoisotopic (exact) mass is 374 g/mol. The normalized spacial score (nSPS) is 55.2. The van der Waals surface area contributed by atoms with E-state index < -0.39 is 0 Å². The van der Waals surface area contributed by atoms with Gasteiger partial charge in [-0.15, -0.1) is 0 Å². The van der Waals surface area contributed by atoms with Crippen LogP contribution in [0.1, 0.15) is 78.6 Å². The molecule has 0 N–H and O–H groups in total. The molecule has 5 fully saturated rings. The molecule has 26 heavy (non-hydrogen) atoms. The van der Waals surface area contributed by atoms with Crippen LogP contribution >= 0.6 is 11.8 Å². The molecule has 0 radical (unpaired) electrons. The maximum Gasteiger partial charge on any atom is 0.133 e. The second-order valence-electron chi connectivity index (χ2n) is 10.6. The Morgan fingerprint density at radius 2 is 2.00 bits per heavy atom. The van der Waals surface area contributed by atoms with Crippen molar-refractivity contribution in [1.82, 2.24) is 0 Å². The molecule has 8 atom stereocenters. The number of hydrogen-bond acceptors (Lipinski definition) is 3. The second kappa shape index (κ2) is 5.61. The minimum Gasteiger partial charge on any atom is -0.300 e. The number of Topliss-reactive ketones (excluding diaryl/α,β-unsaturated/α-hetero) is 2. The van der Waals surface area contributed by atoms with Crippen LogP contribution in [0.5, 0.6) is 0 Å². The average Bonchev–Trinajstić information content (AvgIpc) is 3.06. The van der Waals surface area contributed by atoms with E-state index in [1.165, 1.54) is 37.9 Å². The highest BCUT2D eigenvalue weighted by atomic mass is 32.2. The lowest BCUT2D eigenvalue weighted by molar-refractivity contribution is -0.160. The number of ketones is 2. The molecular weight excluding hydrogens is 340 g/mol. The molecule has 4 aliphatic carbocycles. The number of carbonyl (C=O) groups is 2. The van der Waals surface area contributed by atoms with Gasteiger partial charge in [0.1, 0.15) is 11.6 Å². The van der Waals surface area contributed by atoms with Gasteiger partial charge in [-0.05, 0) is 85.9 Å². The molecular formula is C23H34O2S. The number of thioether (sulfide) groups is 1. The van der Waals surface area contributed by atoms with Crippen molar-refractivity contribution in [2.45, 2.75) is 83.8 Å². The Hall–Kier alpha value is -0.310. The van der Waals surface area contributed by atoms with E-state index in [1.807, 2.05) is 6.92 Å². The smallest absolute Gasteiger partial charge is 0.133 e. The summed E-state index contributed by atoms with van der Waals surface area (Å²) in [6.07, 6.45) is 10.3. The van der Waals surface area contributed by atoms with E-state index in [0.717, 1.165) is 43.4 Å². The van der Waals surface area contributed by atoms with Crippen LogP contribution in [-0.4, -0.2) is 22.6 Å². The minimum atomic E-state index is 0.254. The Morgan fingerprint density at radius 1 is 1.19 bits per heavy atom. The zero-order valence-corrected chi connectivity index (χ0v) is 17.5. The average molecular weight is 375 g/mol. The number of rotatable bonds is 2. The third-order valence-corrected chi connectivity index (χ3v) is 12.0. The van der Waals surface area contributed by atoms with Gasteiger partial charge in [0.15, 0.2) is 0 Å². The Kier molecular flexibility index (Phi) is 3.83. The van der Waals surface area contributed by atoms with E-state index in [1.54, 1.807) is 0 Å². The molecule has 1 heterocycles. The summed E-state index contributed by atoms with van der Waals surface area (Å²) in [6, 6.07) is 0. The van der Waals surface area contributed by atoms with Crippen LogP contribution < -0.4 is 0 Å². The van der Waals surface area contributed by atoms with Gasteiger partial charge in [-0.2, -0.15) is 11.8 Å². The lowest BCUT2D eigenvalue weighted by Gasteiger charge is -2.64. The molecule has 4 saturated carbocycles. The first-order valence-electron chi connectivity index (χ1n) is 11.0. The fourth-order valence-corrected chi connectivity index (χ4v) is 11.5. The predicted molar refractivity (Wildman–Crippen MR) is 106 cm³/mol. The molecule has 2 nitrogen and oxygen atoms in total. The van der Waals surface area contributed by atoms with E-state index in [9.17, 15) is 9.59 Å². The quantitative estimate of drug-likeness (QED) is 0.658. The summed E-state index contributed by atoms with van der Waals surface area (Å²) in [6.45, 7) is 6.64. The highest BCUT2D eigenvalue weighted by Crippen LogP contribution is 2.76. The van der Waals surface area contributed by atoms with Crippen molar-refractivity contribution in [3.05, 3.63) is 0 Å². The first kappa shape index (κ1) is 17.8. The molecule has 3 unspecified atom stereocenters. The summed E-state index contributed by atoms with van der Waals surface area (Å²) in [4.78, 5) is 24.8. The van der Waals surface area contributed by atoms with Gasteiger partial charge in [0, 0.05) is 29.8 Å². The van der Waals surface area contributed by atoms with Gasteiger partial charge in [-0.25, -0.2) is 0 Å². The topological polar surface area (TPSA) is 34.1 Å². The standard InChI is InChI=1S/C23H34O2S/c1-4-22-12-15(25)7-10-23(22)13-26-20(22)11-16-18-6-5-17(14(2)24)21(18,3)9-8-19(16)23/h16-20H,4-13H2,1-3H3/t16?,17-,18?,19?,20+,21-,22-,23+/m1/s1. The van der Waals surface area contributed by atoms with Gasteiger partial charge in [-0.1, -0.05) is 13.8 Å². The summed E-state index contributed by atoms with van der Waals surface area (Å²) in [5.74, 6) is 4.95. The highest BCUT2D eigenvalue weighted by Gasteiger charge is 2.71. The molecule has 144 valence electrons. The maximum atomic E-state index is 12.5. The summed E-state index contributed by atoms with van der Waals surface area (Å²) < 4.78 is 0.